The van der Waals surface area contributed by atoms with E-state index < -0.39 is 0 Å². The van der Waals surface area contributed by atoms with Gasteiger partial charge in [-0.05, 0) is 25.8 Å². The average molecular weight is 206 g/mol. The predicted molar refractivity (Wildman–Crippen MR) is 58.7 cm³/mol. The average Bonchev–Trinajstić information content (AvgIpc) is 2.31. The highest BCUT2D eigenvalue weighted by Crippen LogP contribution is 2.19. The zero-order chi connectivity index (χ0) is 10.5. The highest BCUT2D eigenvalue weighted by Gasteiger charge is 2.18. The first-order valence-corrected chi connectivity index (χ1v) is 5.79. The van der Waals surface area contributed by atoms with Crippen molar-refractivity contribution in [1.82, 2.24) is 20.5 Å². The monoisotopic (exact) mass is 206 g/mol. The van der Waals surface area contributed by atoms with E-state index in [1.807, 2.05) is 0 Å². The zero-order valence-electron chi connectivity index (χ0n) is 9.24. The number of aromatic nitrogens is 3. The van der Waals surface area contributed by atoms with E-state index in [0.29, 0.717) is 5.92 Å². The van der Waals surface area contributed by atoms with Crippen molar-refractivity contribution in [2.45, 2.75) is 38.5 Å². The third-order valence-electron chi connectivity index (χ3n) is 2.79. The molecule has 1 N–H and O–H groups in total. The van der Waals surface area contributed by atoms with Gasteiger partial charge < -0.3 is 5.32 Å². The molecule has 1 aliphatic heterocycles. The zero-order valence-corrected chi connectivity index (χ0v) is 9.24. The van der Waals surface area contributed by atoms with E-state index in [9.17, 15) is 0 Å². The number of piperidine rings is 1. The van der Waals surface area contributed by atoms with E-state index in [4.69, 9.17) is 0 Å². The van der Waals surface area contributed by atoms with Crippen molar-refractivity contribution < 1.29 is 0 Å². The summed E-state index contributed by atoms with van der Waals surface area (Å²) in [5.41, 5.74) is 1.08. The lowest BCUT2D eigenvalue weighted by Crippen LogP contribution is -2.29. The summed E-state index contributed by atoms with van der Waals surface area (Å²) in [6, 6.07) is 0. The van der Waals surface area contributed by atoms with Crippen LogP contribution < -0.4 is 5.32 Å². The fraction of sp³-hybridized carbons (Fsp3) is 0.727. The number of hydrogen-bond acceptors (Lipinski definition) is 4. The van der Waals surface area contributed by atoms with Crippen LogP contribution in [0.1, 0.15) is 43.6 Å². The summed E-state index contributed by atoms with van der Waals surface area (Å²) in [6.07, 6.45) is 6.29. The largest absolute Gasteiger partial charge is 0.316 e. The summed E-state index contributed by atoms with van der Waals surface area (Å²) >= 11 is 0. The normalized spacial score (nSPS) is 21.5. The van der Waals surface area contributed by atoms with Gasteiger partial charge in [-0.1, -0.05) is 13.3 Å². The Hall–Kier alpha value is -1.03. The molecule has 2 rings (SSSR count). The van der Waals surface area contributed by atoms with Gasteiger partial charge in [-0.2, -0.15) is 5.10 Å². The van der Waals surface area contributed by atoms with Crippen LogP contribution in [0.15, 0.2) is 6.20 Å². The Morgan fingerprint density at radius 1 is 1.53 bits per heavy atom. The van der Waals surface area contributed by atoms with Gasteiger partial charge in [-0.25, -0.2) is 4.98 Å². The van der Waals surface area contributed by atoms with Crippen LogP contribution in [0, 0.1) is 0 Å². The van der Waals surface area contributed by atoms with Crippen LogP contribution in [0.4, 0.5) is 0 Å². The maximum atomic E-state index is 4.57. The first-order chi connectivity index (χ1) is 7.40. The van der Waals surface area contributed by atoms with E-state index in [-0.39, 0.29) is 0 Å². The van der Waals surface area contributed by atoms with Crippen LogP contribution in [0.5, 0.6) is 0 Å². The Morgan fingerprint density at radius 2 is 2.47 bits per heavy atom. The van der Waals surface area contributed by atoms with Crippen LogP contribution >= 0.6 is 0 Å². The van der Waals surface area contributed by atoms with Gasteiger partial charge in [0, 0.05) is 12.5 Å². The number of aryl methyl sites for hydroxylation is 1. The second kappa shape index (κ2) is 5.16. The van der Waals surface area contributed by atoms with Crippen LogP contribution in [0.2, 0.25) is 0 Å². The lowest BCUT2D eigenvalue weighted by molar-refractivity contribution is 0.441. The third kappa shape index (κ3) is 2.72. The fourth-order valence-electron chi connectivity index (χ4n) is 1.97. The number of hydrogen-bond donors (Lipinski definition) is 1. The Morgan fingerprint density at radius 3 is 3.20 bits per heavy atom. The molecule has 1 aliphatic rings. The maximum Gasteiger partial charge on any atom is 0.155 e. The van der Waals surface area contributed by atoms with E-state index >= 15 is 0 Å². The van der Waals surface area contributed by atoms with E-state index in [2.05, 4.69) is 27.4 Å². The molecule has 4 heteroatoms. The second-order valence-corrected chi connectivity index (χ2v) is 4.10. The molecule has 1 unspecified atom stereocenters. The molecule has 0 aliphatic carbocycles. The molecule has 1 aromatic rings. The van der Waals surface area contributed by atoms with Crippen molar-refractivity contribution >= 4 is 0 Å². The number of nitrogens with zero attached hydrogens (tertiary/aromatic N) is 3. The van der Waals surface area contributed by atoms with Crippen LogP contribution in [-0.4, -0.2) is 28.3 Å². The van der Waals surface area contributed by atoms with Gasteiger partial charge >= 0.3 is 0 Å². The standard InChI is InChI=1S/C11H18N4/c1-2-4-10-8-13-15-11(14-10)9-5-3-6-12-7-9/h8-9,12H,2-7H2,1H3. The van der Waals surface area contributed by atoms with Crippen molar-refractivity contribution in [3.63, 3.8) is 0 Å². The van der Waals surface area contributed by atoms with Crippen LogP contribution in [0.25, 0.3) is 0 Å². The van der Waals surface area contributed by atoms with Gasteiger partial charge in [0.05, 0.1) is 11.9 Å². The molecule has 82 valence electrons. The molecule has 1 aromatic heterocycles. The molecular weight excluding hydrogens is 188 g/mol. The van der Waals surface area contributed by atoms with Gasteiger partial charge in [-0.3, -0.25) is 0 Å². The Balaban J connectivity index is 2.09. The second-order valence-electron chi connectivity index (χ2n) is 4.10. The molecule has 1 fully saturated rings. The van der Waals surface area contributed by atoms with Gasteiger partial charge in [-0.15, -0.1) is 5.10 Å². The number of rotatable bonds is 3. The van der Waals surface area contributed by atoms with Gasteiger partial charge in [0.15, 0.2) is 5.82 Å². The molecular formula is C11H18N4. The summed E-state index contributed by atoms with van der Waals surface area (Å²) in [5.74, 6) is 1.39. The summed E-state index contributed by atoms with van der Waals surface area (Å²) in [5, 5.41) is 11.6. The maximum absolute atomic E-state index is 4.57. The lowest BCUT2D eigenvalue weighted by atomic mass is 9.99. The van der Waals surface area contributed by atoms with Crippen LogP contribution in [0.3, 0.4) is 0 Å². The summed E-state index contributed by atoms with van der Waals surface area (Å²) in [7, 11) is 0. The van der Waals surface area contributed by atoms with Crippen molar-refractivity contribution in [2.75, 3.05) is 13.1 Å². The Kier molecular flexibility index (Phi) is 3.61. The Labute approximate surface area is 90.5 Å². The molecule has 0 spiro atoms. The third-order valence-corrected chi connectivity index (χ3v) is 2.79. The van der Waals surface area contributed by atoms with Gasteiger partial charge in [0.2, 0.25) is 0 Å². The topological polar surface area (TPSA) is 50.7 Å². The van der Waals surface area contributed by atoms with Crippen molar-refractivity contribution in [3.05, 3.63) is 17.7 Å². The molecule has 0 saturated carbocycles. The number of nitrogens with one attached hydrogen (secondary N) is 1. The van der Waals surface area contributed by atoms with Crippen molar-refractivity contribution in [1.29, 1.82) is 0 Å². The SMILES string of the molecule is CCCc1cnnc(C2CCCNC2)n1. The molecule has 0 aromatic carbocycles. The van der Waals surface area contributed by atoms with E-state index in [1.165, 1.54) is 12.8 Å². The molecule has 15 heavy (non-hydrogen) atoms. The summed E-state index contributed by atoms with van der Waals surface area (Å²) in [6.45, 7) is 4.28. The highest BCUT2D eigenvalue weighted by molar-refractivity contribution is 5.02. The summed E-state index contributed by atoms with van der Waals surface area (Å²) < 4.78 is 0. The first-order valence-electron chi connectivity index (χ1n) is 5.79. The fourth-order valence-corrected chi connectivity index (χ4v) is 1.97. The molecule has 1 atom stereocenters. The predicted octanol–water partition coefficient (Wildman–Crippen LogP) is 1.29. The van der Waals surface area contributed by atoms with E-state index in [0.717, 1.165) is 37.4 Å². The van der Waals surface area contributed by atoms with Crippen molar-refractivity contribution in [3.8, 4) is 0 Å². The molecule has 0 bridgehead atoms. The first kappa shape index (κ1) is 10.5. The molecule has 2 heterocycles. The molecule has 1 saturated heterocycles. The highest BCUT2D eigenvalue weighted by atomic mass is 15.1. The minimum atomic E-state index is 0.461. The molecule has 4 nitrogen and oxygen atoms in total. The summed E-state index contributed by atoms with van der Waals surface area (Å²) in [4.78, 5) is 4.57. The van der Waals surface area contributed by atoms with Gasteiger partial charge in [0.25, 0.3) is 0 Å². The van der Waals surface area contributed by atoms with Gasteiger partial charge in [0.1, 0.15) is 0 Å². The smallest absolute Gasteiger partial charge is 0.155 e. The minimum absolute atomic E-state index is 0.461. The van der Waals surface area contributed by atoms with Crippen LogP contribution in [-0.2, 0) is 6.42 Å². The minimum Gasteiger partial charge on any atom is -0.316 e. The van der Waals surface area contributed by atoms with E-state index in [1.54, 1.807) is 6.20 Å². The lowest BCUT2D eigenvalue weighted by Gasteiger charge is -2.20. The molecule has 0 radical (unpaired) electrons. The molecule has 0 amide bonds. The quantitative estimate of drug-likeness (QED) is 0.809. The Bertz CT molecular complexity index is 307. The van der Waals surface area contributed by atoms with Crippen molar-refractivity contribution in [2.24, 2.45) is 0 Å².